The molecule has 1 aliphatic rings. The fourth-order valence-corrected chi connectivity index (χ4v) is 6.46. The number of esters is 2. The summed E-state index contributed by atoms with van der Waals surface area (Å²) in [7, 11) is 0. The quantitative estimate of drug-likeness (QED) is 0.0669. The molecule has 0 aliphatic carbocycles. The Hall–Kier alpha value is -2.16. The summed E-state index contributed by atoms with van der Waals surface area (Å²) in [5.74, 6) is 2.98. The molecule has 1 heterocycles. The Morgan fingerprint density at radius 2 is 1.34 bits per heavy atom. The third kappa shape index (κ3) is 15.3. The van der Waals surface area contributed by atoms with Gasteiger partial charge in [0.15, 0.2) is 0 Å². The van der Waals surface area contributed by atoms with Gasteiger partial charge < -0.3 is 28.8 Å². The maximum atomic E-state index is 12.7. The van der Waals surface area contributed by atoms with Crippen molar-refractivity contribution >= 4 is 11.9 Å². The Morgan fingerprint density at radius 1 is 0.766 bits per heavy atom. The van der Waals surface area contributed by atoms with Crippen LogP contribution in [0.1, 0.15) is 134 Å². The molecule has 0 aromatic heterocycles. The molecule has 0 fully saturated rings. The van der Waals surface area contributed by atoms with Crippen molar-refractivity contribution in [3.8, 4) is 11.5 Å². The number of carbonyl (C=O) groups excluding carboxylic acids is 2. The van der Waals surface area contributed by atoms with Crippen molar-refractivity contribution in [2.75, 3.05) is 39.6 Å². The average molecular weight is 663 g/mol. The smallest absolute Gasteiger partial charge is 0.311 e. The minimum absolute atomic E-state index is 0.0303. The lowest BCUT2D eigenvalue weighted by Gasteiger charge is -2.38. The van der Waals surface area contributed by atoms with Crippen molar-refractivity contribution in [1.29, 1.82) is 0 Å². The predicted octanol–water partition coefficient (Wildman–Crippen LogP) is 8.39. The average Bonchev–Trinajstić information content (AvgIpc) is 3.02. The second kappa shape index (κ2) is 21.7. The first-order valence-corrected chi connectivity index (χ1v) is 18.3. The fourth-order valence-electron chi connectivity index (χ4n) is 6.46. The summed E-state index contributed by atoms with van der Waals surface area (Å²) in [6.45, 7) is 19.0. The van der Waals surface area contributed by atoms with E-state index >= 15 is 0 Å². The first kappa shape index (κ1) is 41.0. The summed E-state index contributed by atoms with van der Waals surface area (Å²) in [4.78, 5) is 24.8. The maximum absolute atomic E-state index is 12.7. The van der Waals surface area contributed by atoms with Crippen molar-refractivity contribution in [3.05, 3.63) is 22.3 Å². The molecular formula is C39H66O8. The van der Waals surface area contributed by atoms with E-state index in [-0.39, 0.29) is 44.9 Å². The molecule has 0 radical (unpaired) electrons. The number of hydrogen-bond acceptors (Lipinski definition) is 8. The second-order valence-corrected chi connectivity index (χ2v) is 14.6. The van der Waals surface area contributed by atoms with E-state index in [9.17, 15) is 9.59 Å². The lowest BCUT2D eigenvalue weighted by atomic mass is 9.83. The van der Waals surface area contributed by atoms with Crippen LogP contribution in [0.15, 0.2) is 0 Å². The standard InChI is InChI=1S/C39H66O8/c1-28(2)12-9-13-29(3)14-10-15-30(4)16-11-20-39(8)21-19-34-33(7)37(31(5)32(6)38(34)47-39)46-36(42)18-17-35(41)45-27-26-44-25-24-43-23-22-40/h28-30,40H,9-27H2,1-8H3/t29-,30+,39+/m0/s1. The topological polar surface area (TPSA) is 101 Å². The summed E-state index contributed by atoms with van der Waals surface area (Å²) in [5.41, 5.74) is 3.77. The van der Waals surface area contributed by atoms with Crippen LogP contribution in [0.4, 0.5) is 0 Å². The summed E-state index contributed by atoms with van der Waals surface area (Å²) in [6.07, 6.45) is 13.2. The molecule has 1 N–H and O–H groups in total. The number of hydrogen-bond donors (Lipinski definition) is 1. The monoisotopic (exact) mass is 662 g/mol. The summed E-state index contributed by atoms with van der Waals surface area (Å²) in [6, 6.07) is 0. The molecule has 270 valence electrons. The lowest BCUT2D eigenvalue weighted by Crippen LogP contribution is -2.37. The third-order valence-corrected chi connectivity index (χ3v) is 9.69. The lowest BCUT2D eigenvalue weighted by molar-refractivity contribution is -0.148. The highest BCUT2D eigenvalue weighted by Gasteiger charge is 2.35. The van der Waals surface area contributed by atoms with E-state index in [1.165, 1.54) is 51.4 Å². The van der Waals surface area contributed by atoms with Crippen LogP contribution in [0.3, 0.4) is 0 Å². The number of aliphatic hydroxyl groups is 1. The molecule has 2 rings (SSSR count). The first-order valence-electron chi connectivity index (χ1n) is 18.3. The maximum Gasteiger partial charge on any atom is 0.311 e. The van der Waals surface area contributed by atoms with Gasteiger partial charge in [-0.3, -0.25) is 9.59 Å². The van der Waals surface area contributed by atoms with Crippen molar-refractivity contribution in [2.24, 2.45) is 17.8 Å². The summed E-state index contributed by atoms with van der Waals surface area (Å²) >= 11 is 0. The molecule has 3 atom stereocenters. The van der Waals surface area contributed by atoms with Crippen LogP contribution in [-0.2, 0) is 30.2 Å². The fraction of sp³-hybridized carbons (Fsp3) is 0.795. The molecule has 47 heavy (non-hydrogen) atoms. The minimum Gasteiger partial charge on any atom is -0.487 e. The van der Waals surface area contributed by atoms with Gasteiger partial charge in [0.1, 0.15) is 23.7 Å². The van der Waals surface area contributed by atoms with Crippen LogP contribution in [0, 0.1) is 38.5 Å². The molecule has 1 aromatic rings. The Bertz CT molecular complexity index is 1080. The molecule has 1 aliphatic heterocycles. The molecular weight excluding hydrogens is 596 g/mol. The third-order valence-electron chi connectivity index (χ3n) is 9.69. The van der Waals surface area contributed by atoms with Crippen molar-refractivity contribution in [3.63, 3.8) is 0 Å². The highest BCUT2D eigenvalue weighted by atomic mass is 16.6. The predicted molar refractivity (Wildman–Crippen MR) is 187 cm³/mol. The van der Waals surface area contributed by atoms with Crippen molar-refractivity contribution in [1.82, 2.24) is 0 Å². The van der Waals surface area contributed by atoms with Gasteiger partial charge in [-0.2, -0.15) is 0 Å². The molecule has 0 saturated carbocycles. The summed E-state index contributed by atoms with van der Waals surface area (Å²) in [5, 5.41) is 8.67. The van der Waals surface area contributed by atoms with Crippen LogP contribution in [0.25, 0.3) is 0 Å². The molecule has 1 aromatic carbocycles. The van der Waals surface area contributed by atoms with Gasteiger partial charge >= 0.3 is 11.9 Å². The number of aliphatic hydroxyl groups excluding tert-OH is 1. The normalized spacial score (nSPS) is 17.2. The van der Waals surface area contributed by atoms with Gasteiger partial charge in [0, 0.05) is 5.56 Å². The van der Waals surface area contributed by atoms with Gasteiger partial charge in [-0.1, -0.05) is 72.6 Å². The Morgan fingerprint density at radius 3 is 1.98 bits per heavy atom. The first-order chi connectivity index (χ1) is 22.4. The Kier molecular flexibility index (Phi) is 19.0. The number of fused-ring (bicyclic) bond motifs is 1. The molecule has 8 nitrogen and oxygen atoms in total. The van der Waals surface area contributed by atoms with E-state index in [0.29, 0.717) is 19.0 Å². The van der Waals surface area contributed by atoms with Gasteiger partial charge in [0.05, 0.1) is 45.9 Å². The largest absolute Gasteiger partial charge is 0.487 e. The van der Waals surface area contributed by atoms with Gasteiger partial charge in [-0.15, -0.1) is 0 Å². The number of ether oxygens (including phenoxy) is 5. The van der Waals surface area contributed by atoms with E-state index < -0.39 is 11.9 Å². The highest BCUT2D eigenvalue weighted by Crippen LogP contribution is 2.45. The van der Waals surface area contributed by atoms with Crippen LogP contribution in [0.2, 0.25) is 0 Å². The van der Waals surface area contributed by atoms with Gasteiger partial charge in [-0.25, -0.2) is 0 Å². The van der Waals surface area contributed by atoms with Crippen LogP contribution < -0.4 is 9.47 Å². The number of rotatable bonds is 24. The van der Waals surface area contributed by atoms with Crippen LogP contribution in [0.5, 0.6) is 11.5 Å². The SMILES string of the molecule is Cc1c(C)c2c(c(C)c1OC(=O)CCC(=O)OCCOCCOCCO)CC[C@@](C)(CCC[C@H](C)CCC[C@@H](C)CCCC(C)C)O2. The van der Waals surface area contributed by atoms with E-state index in [0.717, 1.165) is 65.0 Å². The molecule has 0 bridgehead atoms. The Balaban J connectivity index is 1.78. The van der Waals surface area contributed by atoms with Gasteiger partial charge in [0.25, 0.3) is 0 Å². The zero-order chi connectivity index (χ0) is 34.8. The van der Waals surface area contributed by atoms with E-state index in [2.05, 4.69) is 34.6 Å². The molecule has 0 unspecified atom stereocenters. The number of benzene rings is 1. The Labute approximate surface area is 285 Å². The highest BCUT2D eigenvalue weighted by molar-refractivity contribution is 5.80. The van der Waals surface area contributed by atoms with Gasteiger partial charge in [0.2, 0.25) is 0 Å². The van der Waals surface area contributed by atoms with Crippen molar-refractivity contribution < 1.29 is 38.4 Å². The molecule has 8 heteroatoms. The minimum atomic E-state index is -0.471. The van der Waals surface area contributed by atoms with Crippen LogP contribution in [-0.4, -0.2) is 62.3 Å². The van der Waals surface area contributed by atoms with E-state index in [4.69, 9.17) is 28.8 Å². The van der Waals surface area contributed by atoms with E-state index in [1.54, 1.807) is 0 Å². The van der Waals surface area contributed by atoms with E-state index in [1.807, 2.05) is 20.8 Å². The molecule has 0 spiro atoms. The van der Waals surface area contributed by atoms with Gasteiger partial charge in [-0.05, 0) is 87.8 Å². The van der Waals surface area contributed by atoms with Crippen LogP contribution >= 0.6 is 0 Å². The zero-order valence-electron chi connectivity index (χ0n) is 31.0. The summed E-state index contributed by atoms with van der Waals surface area (Å²) < 4.78 is 28.1. The molecule has 0 amide bonds. The zero-order valence-corrected chi connectivity index (χ0v) is 31.0. The molecule has 0 saturated heterocycles. The van der Waals surface area contributed by atoms with Crippen molar-refractivity contribution in [2.45, 2.75) is 144 Å². The second-order valence-electron chi connectivity index (χ2n) is 14.6. The number of carbonyl (C=O) groups is 2.